The van der Waals surface area contributed by atoms with E-state index in [1.54, 1.807) is 0 Å². The summed E-state index contributed by atoms with van der Waals surface area (Å²) in [6.45, 7) is 0. The molecule has 1 saturated heterocycles. The largest absolute Gasteiger partial charge is 1.00 e. The molecule has 0 aromatic carbocycles. The molecule has 4 N–H and O–H groups in total. The Labute approximate surface area is 114 Å². The summed E-state index contributed by atoms with van der Waals surface area (Å²) >= 11 is 16.0. The first-order chi connectivity index (χ1) is 6.62. The third-order valence-electron chi connectivity index (χ3n) is 2.09. The van der Waals surface area contributed by atoms with Crippen LogP contribution in [0.5, 0.6) is 0 Å². The van der Waals surface area contributed by atoms with Crippen LogP contribution >= 0.6 is 34.8 Å². The highest BCUT2D eigenvalue weighted by Gasteiger charge is 2.44. The number of carbonyl (C=O) groups excluding carboxylic acids is 1. The maximum atomic E-state index is 11.3. The molecule has 0 radical (unpaired) electrons. The summed E-state index contributed by atoms with van der Waals surface area (Å²) in [7, 11) is -3.17. The van der Waals surface area contributed by atoms with Crippen LogP contribution < -0.4 is 23.5 Å². The first-order valence-electron chi connectivity index (χ1n) is 4.04. The zero-order chi connectivity index (χ0) is 11.9. The fourth-order valence-corrected chi connectivity index (χ4v) is 3.45. The second-order valence-corrected chi connectivity index (χ2v) is 7.87. The van der Waals surface area contributed by atoms with Gasteiger partial charge in [0.15, 0.2) is 9.84 Å². The van der Waals surface area contributed by atoms with E-state index in [4.69, 9.17) is 40.5 Å². The van der Waals surface area contributed by atoms with Crippen molar-refractivity contribution in [3.8, 4) is 0 Å². The molecular weight excluding hydrogens is 322 g/mol. The summed E-state index contributed by atoms with van der Waals surface area (Å²) in [5, 5.41) is 1.09. The van der Waals surface area contributed by atoms with E-state index in [9.17, 15) is 13.2 Å². The van der Waals surface area contributed by atoms with Gasteiger partial charge in [0, 0.05) is 0 Å². The number of halogens is 4. The summed E-state index contributed by atoms with van der Waals surface area (Å²) in [6.07, 6.45) is 0. The van der Waals surface area contributed by atoms with Gasteiger partial charge in [-0.15, -0.1) is 0 Å². The van der Waals surface area contributed by atoms with Gasteiger partial charge in [0.05, 0.1) is 11.8 Å². The number of hydrogen-bond donors (Lipinski definition) is 2. The number of primary amides is 1. The van der Waals surface area contributed by atoms with Crippen molar-refractivity contribution in [2.24, 2.45) is 5.73 Å². The van der Waals surface area contributed by atoms with Gasteiger partial charge in [0.25, 0.3) is 0 Å². The van der Waals surface area contributed by atoms with Crippen LogP contribution in [-0.2, 0) is 14.6 Å². The van der Waals surface area contributed by atoms with Crippen LogP contribution in [-0.4, -0.2) is 41.7 Å². The van der Waals surface area contributed by atoms with Crippen molar-refractivity contribution in [1.82, 2.24) is 0 Å². The van der Waals surface area contributed by atoms with Crippen LogP contribution in [0.3, 0.4) is 0 Å². The van der Waals surface area contributed by atoms with Gasteiger partial charge in [0.1, 0.15) is 11.8 Å². The Kier molecular flexibility index (Phi) is 5.80. The molecule has 0 aromatic heterocycles. The highest BCUT2D eigenvalue weighted by molar-refractivity contribution is 7.91. The molecule has 1 amide bonds. The molecular formula is C6H10Cl4N2O3S. The molecule has 10 heteroatoms. The van der Waals surface area contributed by atoms with Crippen molar-refractivity contribution in [1.29, 1.82) is 0 Å². The number of amides is 1. The van der Waals surface area contributed by atoms with Crippen molar-refractivity contribution < 1.29 is 30.9 Å². The average Bonchev–Trinajstić information content (AvgIpc) is 2.22. The minimum Gasteiger partial charge on any atom is -1.00 e. The predicted molar refractivity (Wildman–Crippen MR) is 57.6 cm³/mol. The second kappa shape index (κ2) is 5.56. The number of alkyl halides is 3. The Morgan fingerprint density at radius 3 is 2.12 bits per heavy atom. The SMILES string of the molecule is NC1CS(=O)(=O)CC1[NH2+]C(=O)C(Cl)(Cl)Cl.[Cl-]. The van der Waals surface area contributed by atoms with E-state index >= 15 is 0 Å². The van der Waals surface area contributed by atoms with Crippen LogP contribution in [0, 0.1) is 0 Å². The molecule has 1 aliphatic heterocycles. The highest BCUT2D eigenvalue weighted by atomic mass is 35.6. The number of rotatable bonds is 1. The van der Waals surface area contributed by atoms with Crippen LogP contribution in [0.25, 0.3) is 0 Å². The Balaban J connectivity index is 0.00000225. The molecule has 2 unspecified atom stereocenters. The molecule has 1 rings (SSSR count). The summed E-state index contributed by atoms with van der Waals surface area (Å²) < 4.78 is 20.3. The summed E-state index contributed by atoms with van der Waals surface area (Å²) in [5.41, 5.74) is 5.55. The van der Waals surface area contributed by atoms with Gasteiger partial charge in [-0.2, -0.15) is 0 Å². The van der Waals surface area contributed by atoms with Gasteiger partial charge in [-0.25, -0.2) is 13.2 Å². The highest BCUT2D eigenvalue weighted by Crippen LogP contribution is 2.24. The van der Waals surface area contributed by atoms with Crippen molar-refractivity contribution in [3.63, 3.8) is 0 Å². The van der Waals surface area contributed by atoms with Gasteiger partial charge >= 0.3 is 9.70 Å². The molecule has 0 spiro atoms. The molecule has 1 aliphatic rings. The number of nitrogens with two attached hydrogens (primary N) is 2. The molecule has 0 bridgehead atoms. The topological polar surface area (TPSA) is 93.8 Å². The maximum Gasteiger partial charge on any atom is 0.362 e. The molecule has 5 nitrogen and oxygen atoms in total. The number of sulfone groups is 1. The number of hydrogen-bond acceptors (Lipinski definition) is 4. The van der Waals surface area contributed by atoms with Crippen LogP contribution in [0.15, 0.2) is 0 Å². The van der Waals surface area contributed by atoms with E-state index < -0.39 is 31.6 Å². The first-order valence-corrected chi connectivity index (χ1v) is 6.99. The summed E-state index contributed by atoms with van der Waals surface area (Å²) in [4.78, 5) is 11.3. The first kappa shape index (κ1) is 16.7. The monoisotopic (exact) mass is 330 g/mol. The maximum absolute atomic E-state index is 11.3. The average molecular weight is 332 g/mol. The Morgan fingerprint density at radius 1 is 1.31 bits per heavy atom. The van der Waals surface area contributed by atoms with Gasteiger partial charge < -0.3 is 18.1 Å². The molecule has 0 saturated carbocycles. The van der Waals surface area contributed by atoms with Crippen molar-refractivity contribution in [2.45, 2.75) is 15.9 Å². The van der Waals surface area contributed by atoms with Crippen LogP contribution in [0.2, 0.25) is 0 Å². The Morgan fingerprint density at radius 2 is 1.81 bits per heavy atom. The lowest BCUT2D eigenvalue weighted by molar-refractivity contribution is -0.601. The molecule has 96 valence electrons. The molecule has 1 heterocycles. The van der Waals surface area contributed by atoms with E-state index in [1.165, 1.54) is 0 Å². The van der Waals surface area contributed by atoms with Gasteiger partial charge in [-0.1, -0.05) is 34.8 Å². The number of quaternary nitrogens is 1. The normalized spacial score (nSPS) is 28.5. The van der Waals surface area contributed by atoms with Gasteiger partial charge in [-0.3, -0.25) is 5.32 Å². The van der Waals surface area contributed by atoms with Crippen LogP contribution in [0.1, 0.15) is 0 Å². The predicted octanol–water partition coefficient (Wildman–Crippen LogP) is -4.43. The lowest BCUT2D eigenvalue weighted by Crippen LogP contribution is -3.00. The molecule has 2 atom stereocenters. The molecule has 0 aromatic rings. The van der Waals surface area contributed by atoms with E-state index in [2.05, 4.69) is 0 Å². The zero-order valence-electron chi connectivity index (χ0n) is 7.87. The van der Waals surface area contributed by atoms with Gasteiger partial charge in [0.2, 0.25) is 0 Å². The standard InChI is InChI=1S/C6H9Cl3N2O3S.ClH/c7-6(8,9)5(12)11-4-2-15(13,14)1-3(4)10;/h3-4H,1-2,10H2,(H,11,12);1H. The van der Waals surface area contributed by atoms with E-state index in [0.29, 0.717) is 0 Å². The smallest absolute Gasteiger partial charge is 0.362 e. The number of carbonyl (C=O) groups is 1. The quantitative estimate of drug-likeness (QED) is 0.474. The lowest BCUT2D eigenvalue weighted by Gasteiger charge is -2.13. The lowest BCUT2D eigenvalue weighted by atomic mass is 10.2. The van der Waals surface area contributed by atoms with Crippen molar-refractivity contribution in [2.75, 3.05) is 11.5 Å². The summed E-state index contributed by atoms with van der Waals surface area (Å²) in [5.74, 6) is -1.05. The summed E-state index contributed by atoms with van der Waals surface area (Å²) in [6, 6.07) is -1.18. The fraction of sp³-hybridized carbons (Fsp3) is 0.833. The minimum absolute atomic E-state index is 0. The van der Waals surface area contributed by atoms with Crippen LogP contribution in [0.4, 0.5) is 0 Å². The van der Waals surface area contributed by atoms with E-state index in [1.807, 2.05) is 0 Å². The van der Waals surface area contributed by atoms with E-state index in [0.717, 1.165) is 5.32 Å². The second-order valence-electron chi connectivity index (χ2n) is 3.43. The van der Waals surface area contributed by atoms with E-state index in [-0.39, 0.29) is 23.9 Å². The molecule has 16 heavy (non-hydrogen) atoms. The van der Waals surface area contributed by atoms with Crippen molar-refractivity contribution in [3.05, 3.63) is 0 Å². The third kappa shape index (κ3) is 4.52. The van der Waals surface area contributed by atoms with Crippen molar-refractivity contribution >= 4 is 50.5 Å². The molecule has 1 fully saturated rings. The zero-order valence-corrected chi connectivity index (χ0v) is 11.7. The Bertz CT molecular complexity index is 366. The molecule has 0 aliphatic carbocycles. The van der Waals surface area contributed by atoms with Gasteiger partial charge in [-0.05, 0) is 0 Å². The fourth-order valence-electron chi connectivity index (χ4n) is 1.36. The Hall–Kier alpha value is 0.700. The minimum atomic E-state index is -3.17. The third-order valence-corrected chi connectivity index (χ3v) is 4.43.